The Morgan fingerprint density at radius 1 is 1.21 bits per heavy atom. The topological polar surface area (TPSA) is 152 Å². The van der Waals surface area contributed by atoms with Gasteiger partial charge in [-0.05, 0) is 36.6 Å². The molecule has 11 nitrogen and oxygen atoms in total. The standard InChI is InChI=1S/C23H34N6O5/c1-5-6-13-28(19-20(24)29(14-15(2)3)23(33)27-21(19)31)18(30)11-12-25-22(32)26-16-7-9-17(34-4)10-8-16/h7-10,15H,5-6,11-14,24H2,1-4H3,(H2,25,26,32)(H,27,31,33). The van der Waals surface area contributed by atoms with Crippen molar-refractivity contribution in [2.24, 2.45) is 5.92 Å². The Bertz CT molecular complexity index is 1090. The van der Waals surface area contributed by atoms with E-state index in [0.717, 1.165) is 6.42 Å². The number of benzene rings is 1. The number of carbonyl (C=O) groups is 2. The molecule has 0 aliphatic rings. The van der Waals surface area contributed by atoms with Gasteiger partial charge in [0, 0.05) is 31.7 Å². The molecule has 34 heavy (non-hydrogen) atoms. The molecule has 0 atom stereocenters. The molecule has 2 rings (SSSR count). The molecular weight excluding hydrogens is 440 g/mol. The van der Waals surface area contributed by atoms with Gasteiger partial charge in [0.25, 0.3) is 5.56 Å². The van der Waals surface area contributed by atoms with Crippen LogP contribution in [0.2, 0.25) is 0 Å². The summed E-state index contributed by atoms with van der Waals surface area (Å²) in [4.78, 5) is 53.6. The predicted octanol–water partition coefficient (Wildman–Crippen LogP) is 2.13. The van der Waals surface area contributed by atoms with E-state index < -0.39 is 17.3 Å². The van der Waals surface area contributed by atoms with Crippen LogP contribution in [-0.4, -0.2) is 41.7 Å². The smallest absolute Gasteiger partial charge is 0.330 e. The number of aromatic nitrogens is 2. The zero-order chi connectivity index (χ0) is 25.3. The van der Waals surface area contributed by atoms with Crippen LogP contribution in [0.15, 0.2) is 33.9 Å². The molecule has 11 heteroatoms. The second-order valence-corrected chi connectivity index (χ2v) is 8.26. The van der Waals surface area contributed by atoms with Gasteiger partial charge in [0.05, 0.1) is 7.11 Å². The first-order valence-electron chi connectivity index (χ1n) is 11.3. The van der Waals surface area contributed by atoms with Crippen LogP contribution in [0.5, 0.6) is 5.75 Å². The van der Waals surface area contributed by atoms with Gasteiger partial charge >= 0.3 is 11.7 Å². The molecule has 0 aliphatic heterocycles. The van der Waals surface area contributed by atoms with Crippen molar-refractivity contribution < 1.29 is 14.3 Å². The van der Waals surface area contributed by atoms with E-state index in [1.807, 2.05) is 20.8 Å². The van der Waals surface area contributed by atoms with E-state index in [-0.39, 0.29) is 42.8 Å². The number of carbonyl (C=O) groups excluding carboxylic acids is 2. The predicted molar refractivity (Wildman–Crippen MR) is 132 cm³/mol. The SMILES string of the molecule is CCCCN(C(=O)CCNC(=O)Nc1ccc(OC)cc1)c1c(N)n(CC(C)C)c(=O)[nH]c1=O. The number of methoxy groups -OCH3 is 1. The van der Waals surface area contributed by atoms with Gasteiger partial charge in [0.2, 0.25) is 5.91 Å². The lowest BCUT2D eigenvalue weighted by molar-refractivity contribution is -0.118. The van der Waals surface area contributed by atoms with Crippen molar-refractivity contribution in [3.05, 3.63) is 45.1 Å². The first kappa shape index (κ1) is 26.5. The van der Waals surface area contributed by atoms with Crippen molar-refractivity contribution in [1.29, 1.82) is 0 Å². The van der Waals surface area contributed by atoms with E-state index in [1.165, 1.54) is 9.47 Å². The molecule has 0 fully saturated rings. The highest BCUT2D eigenvalue weighted by molar-refractivity contribution is 5.96. The second kappa shape index (κ2) is 12.5. The van der Waals surface area contributed by atoms with Crippen LogP contribution >= 0.6 is 0 Å². The number of unbranched alkanes of at least 4 members (excludes halogenated alkanes) is 1. The number of anilines is 3. The number of rotatable bonds is 11. The molecule has 0 bridgehead atoms. The minimum absolute atomic E-state index is 0.0404. The summed E-state index contributed by atoms with van der Waals surface area (Å²) in [6.45, 7) is 6.41. The van der Waals surface area contributed by atoms with Crippen molar-refractivity contribution >= 4 is 29.1 Å². The molecule has 0 saturated heterocycles. The molecule has 1 aromatic carbocycles. The normalized spacial score (nSPS) is 10.7. The Balaban J connectivity index is 2.11. The summed E-state index contributed by atoms with van der Waals surface area (Å²) < 4.78 is 6.35. The summed E-state index contributed by atoms with van der Waals surface area (Å²) in [6.07, 6.45) is 1.37. The van der Waals surface area contributed by atoms with E-state index in [0.29, 0.717) is 24.4 Å². The average Bonchev–Trinajstić information content (AvgIpc) is 2.79. The third-order valence-corrected chi connectivity index (χ3v) is 5.04. The molecule has 5 N–H and O–H groups in total. The molecule has 1 heterocycles. The average molecular weight is 475 g/mol. The summed E-state index contributed by atoms with van der Waals surface area (Å²) in [5, 5.41) is 5.30. The molecule has 0 aliphatic carbocycles. The Morgan fingerprint density at radius 2 is 1.88 bits per heavy atom. The third-order valence-electron chi connectivity index (χ3n) is 5.04. The fraction of sp³-hybridized carbons (Fsp3) is 0.478. The lowest BCUT2D eigenvalue weighted by Gasteiger charge is -2.25. The van der Waals surface area contributed by atoms with Crippen molar-refractivity contribution in [2.45, 2.75) is 46.6 Å². The summed E-state index contributed by atoms with van der Waals surface area (Å²) in [5.74, 6) is 0.340. The zero-order valence-corrected chi connectivity index (χ0v) is 20.1. The maximum atomic E-state index is 13.0. The van der Waals surface area contributed by atoms with Crippen molar-refractivity contribution in [3.63, 3.8) is 0 Å². The molecule has 0 unspecified atom stereocenters. The van der Waals surface area contributed by atoms with Crippen LogP contribution in [0.25, 0.3) is 0 Å². The molecule has 1 aromatic heterocycles. The van der Waals surface area contributed by atoms with Gasteiger partial charge in [0.15, 0.2) is 5.69 Å². The Labute approximate surface area is 198 Å². The number of amides is 3. The summed E-state index contributed by atoms with van der Waals surface area (Å²) in [5.41, 5.74) is 5.40. The Morgan fingerprint density at radius 3 is 2.47 bits per heavy atom. The van der Waals surface area contributed by atoms with Gasteiger partial charge in [0.1, 0.15) is 11.6 Å². The highest BCUT2D eigenvalue weighted by atomic mass is 16.5. The maximum Gasteiger partial charge on any atom is 0.330 e. The van der Waals surface area contributed by atoms with Crippen LogP contribution in [-0.2, 0) is 11.3 Å². The van der Waals surface area contributed by atoms with Gasteiger partial charge in [-0.25, -0.2) is 9.59 Å². The van der Waals surface area contributed by atoms with Crippen LogP contribution in [0.4, 0.5) is 22.0 Å². The lowest BCUT2D eigenvalue weighted by Crippen LogP contribution is -2.43. The van der Waals surface area contributed by atoms with Crippen LogP contribution < -0.4 is 37.3 Å². The first-order valence-corrected chi connectivity index (χ1v) is 11.3. The highest BCUT2D eigenvalue weighted by Crippen LogP contribution is 2.19. The molecule has 0 saturated carbocycles. The number of urea groups is 1. The van der Waals surface area contributed by atoms with Crippen LogP contribution in [0.3, 0.4) is 0 Å². The van der Waals surface area contributed by atoms with E-state index >= 15 is 0 Å². The minimum atomic E-state index is -0.711. The number of ether oxygens (including phenoxy) is 1. The molecule has 0 radical (unpaired) electrons. The van der Waals surface area contributed by atoms with E-state index in [9.17, 15) is 19.2 Å². The molecule has 2 aromatic rings. The third kappa shape index (κ3) is 7.12. The lowest BCUT2D eigenvalue weighted by atomic mass is 10.2. The minimum Gasteiger partial charge on any atom is -0.497 e. The maximum absolute atomic E-state index is 13.0. The van der Waals surface area contributed by atoms with E-state index in [2.05, 4.69) is 15.6 Å². The van der Waals surface area contributed by atoms with Gasteiger partial charge in [-0.1, -0.05) is 27.2 Å². The van der Waals surface area contributed by atoms with Crippen molar-refractivity contribution in [3.8, 4) is 5.75 Å². The van der Waals surface area contributed by atoms with Crippen molar-refractivity contribution in [2.75, 3.05) is 36.1 Å². The Kier molecular flexibility index (Phi) is 9.72. The van der Waals surface area contributed by atoms with Gasteiger partial charge in [-0.15, -0.1) is 0 Å². The summed E-state index contributed by atoms with van der Waals surface area (Å²) in [7, 11) is 1.55. The monoisotopic (exact) mass is 474 g/mol. The number of H-pyrrole nitrogens is 1. The number of nitrogen functional groups attached to an aromatic ring is 1. The fourth-order valence-electron chi connectivity index (χ4n) is 3.33. The number of nitrogens with zero attached hydrogens (tertiary/aromatic N) is 2. The number of hydrogen-bond acceptors (Lipinski definition) is 6. The summed E-state index contributed by atoms with van der Waals surface area (Å²) in [6, 6.07) is 6.34. The van der Waals surface area contributed by atoms with Crippen LogP contribution in [0, 0.1) is 5.92 Å². The van der Waals surface area contributed by atoms with E-state index in [4.69, 9.17) is 10.5 Å². The Hall–Kier alpha value is -3.76. The number of nitrogens with one attached hydrogen (secondary N) is 3. The second-order valence-electron chi connectivity index (χ2n) is 8.26. The molecule has 0 spiro atoms. The summed E-state index contributed by atoms with van der Waals surface area (Å²) >= 11 is 0. The zero-order valence-electron chi connectivity index (χ0n) is 20.1. The van der Waals surface area contributed by atoms with Gasteiger partial charge in [-0.3, -0.25) is 19.1 Å². The van der Waals surface area contributed by atoms with Gasteiger partial charge in [-0.2, -0.15) is 0 Å². The van der Waals surface area contributed by atoms with Gasteiger partial charge < -0.3 is 26.0 Å². The van der Waals surface area contributed by atoms with Crippen LogP contribution in [0.1, 0.15) is 40.0 Å². The van der Waals surface area contributed by atoms with Crippen molar-refractivity contribution in [1.82, 2.24) is 14.9 Å². The molecular formula is C23H34N6O5. The quantitative estimate of drug-likeness (QED) is 0.392. The number of aromatic amines is 1. The number of hydrogen-bond donors (Lipinski definition) is 4. The molecule has 186 valence electrons. The first-order chi connectivity index (χ1) is 16.2. The fourth-order valence-corrected chi connectivity index (χ4v) is 3.33. The van der Waals surface area contributed by atoms with E-state index in [1.54, 1.807) is 31.4 Å². The number of nitrogens with two attached hydrogens (primary N) is 1. The largest absolute Gasteiger partial charge is 0.497 e. The highest BCUT2D eigenvalue weighted by Gasteiger charge is 2.24. The molecule has 3 amide bonds.